The molecule has 2 N–H and O–H groups in total. The summed E-state index contributed by atoms with van der Waals surface area (Å²) < 4.78 is 81.4. The molecule has 1 atom stereocenters. The van der Waals surface area contributed by atoms with Crippen molar-refractivity contribution in [3.05, 3.63) is 44.9 Å². The lowest BCUT2D eigenvalue weighted by molar-refractivity contribution is -0.211. The third-order valence-corrected chi connectivity index (χ3v) is 8.35. The van der Waals surface area contributed by atoms with E-state index < -0.39 is 29.6 Å². The van der Waals surface area contributed by atoms with Crippen LogP contribution in [-0.4, -0.2) is 40.9 Å². The number of carbonyl (C=O) groups is 1. The van der Waals surface area contributed by atoms with E-state index in [1.54, 1.807) is 28.6 Å². The Labute approximate surface area is 246 Å². The summed E-state index contributed by atoms with van der Waals surface area (Å²) in [5.74, 6) is -2.40. The van der Waals surface area contributed by atoms with Crippen LogP contribution in [-0.2, 0) is 18.4 Å². The number of aryl methyl sites for hydroxylation is 1. The van der Waals surface area contributed by atoms with E-state index in [-0.39, 0.29) is 46.2 Å². The van der Waals surface area contributed by atoms with E-state index in [0.717, 1.165) is 13.8 Å². The van der Waals surface area contributed by atoms with Gasteiger partial charge in [0.2, 0.25) is 11.9 Å². The molecule has 41 heavy (non-hydrogen) atoms. The maximum absolute atomic E-state index is 13.4. The van der Waals surface area contributed by atoms with E-state index >= 15 is 0 Å². The first kappa shape index (κ1) is 31.4. The Morgan fingerprint density at radius 3 is 2.39 bits per heavy atom. The van der Waals surface area contributed by atoms with Gasteiger partial charge < -0.3 is 20.1 Å². The second-order valence-corrected chi connectivity index (χ2v) is 11.6. The first-order valence-corrected chi connectivity index (χ1v) is 13.6. The van der Waals surface area contributed by atoms with Gasteiger partial charge in [-0.3, -0.25) is 4.79 Å². The van der Waals surface area contributed by atoms with E-state index in [1.807, 2.05) is 0 Å². The zero-order chi connectivity index (χ0) is 30.5. The van der Waals surface area contributed by atoms with Crippen molar-refractivity contribution in [2.75, 3.05) is 23.3 Å². The van der Waals surface area contributed by atoms with Crippen LogP contribution in [0.15, 0.2) is 24.3 Å². The summed E-state index contributed by atoms with van der Waals surface area (Å²) in [6.07, 6.45) is -8.61. The first-order valence-electron chi connectivity index (χ1n) is 12.5. The first-order chi connectivity index (χ1) is 18.9. The molecule has 2 heterocycles. The van der Waals surface area contributed by atoms with E-state index in [1.165, 1.54) is 12.1 Å². The van der Waals surface area contributed by atoms with Crippen molar-refractivity contribution in [1.29, 1.82) is 0 Å². The summed E-state index contributed by atoms with van der Waals surface area (Å²) in [6.45, 7) is 1.49. The Morgan fingerprint density at radius 2 is 1.76 bits per heavy atom. The highest BCUT2D eigenvalue weighted by molar-refractivity contribution is 6.39. The highest BCUT2D eigenvalue weighted by Crippen LogP contribution is 2.41. The molecule has 3 aromatic rings. The van der Waals surface area contributed by atoms with Gasteiger partial charge >= 0.3 is 12.4 Å². The number of imidazole rings is 1. The summed E-state index contributed by atoms with van der Waals surface area (Å²) >= 11 is 19.4. The molecule has 1 fully saturated rings. The summed E-state index contributed by atoms with van der Waals surface area (Å²) in [7, 11) is 1.68. The summed E-state index contributed by atoms with van der Waals surface area (Å²) in [5.41, 5.74) is -0.619. The highest BCUT2D eigenvalue weighted by atomic mass is 35.5. The topological polar surface area (TPSA) is 62.2 Å². The van der Waals surface area contributed by atoms with E-state index in [0.29, 0.717) is 35.2 Å². The molecule has 2 aromatic carbocycles. The van der Waals surface area contributed by atoms with Gasteiger partial charge in [0.25, 0.3) is 0 Å². The summed E-state index contributed by atoms with van der Waals surface area (Å²) in [5, 5.41) is 5.76. The van der Waals surface area contributed by atoms with Crippen molar-refractivity contribution in [2.24, 2.45) is 18.4 Å². The number of halogens is 9. The summed E-state index contributed by atoms with van der Waals surface area (Å²) in [6, 6.07) is 6.18. The minimum absolute atomic E-state index is 0.0555. The van der Waals surface area contributed by atoms with Crippen molar-refractivity contribution >= 4 is 69.1 Å². The standard InChI is InChI=1S/C26H26Cl3F6N5O/c1-24(2,26(33,34)35)22(41)36-11-13-6-7-15(27)21(20(13)29)38-23-37-17-9-16(28)18(10-19(17)39(23)3)40-8-4-5-14(12-40)25(30,31)32/h6-7,9-10,14H,4-5,8,11-12H2,1-3H3,(H,36,41)(H,37,38). The number of nitrogens with zero attached hydrogens (tertiary/aromatic N) is 3. The third-order valence-electron chi connectivity index (χ3n) is 7.30. The molecule has 1 aromatic heterocycles. The number of rotatable bonds is 6. The van der Waals surface area contributed by atoms with Gasteiger partial charge in [-0.1, -0.05) is 40.9 Å². The third kappa shape index (κ3) is 6.29. The molecule has 0 aliphatic carbocycles. The molecule has 224 valence electrons. The lowest BCUT2D eigenvalue weighted by Crippen LogP contribution is -2.46. The zero-order valence-corrected chi connectivity index (χ0v) is 24.3. The van der Waals surface area contributed by atoms with Crippen LogP contribution >= 0.6 is 34.8 Å². The van der Waals surface area contributed by atoms with Crippen molar-refractivity contribution in [3.63, 3.8) is 0 Å². The van der Waals surface area contributed by atoms with Gasteiger partial charge in [-0.25, -0.2) is 4.98 Å². The molecule has 0 saturated carbocycles. The van der Waals surface area contributed by atoms with Crippen LogP contribution < -0.4 is 15.5 Å². The molecule has 1 aliphatic heterocycles. The van der Waals surface area contributed by atoms with Crippen molar-refractivity contribution in [2.45, 2.75) is 45.6 Å². The Hall–Kier alpha value is -2.57. The second kappa shape index (κ2) is 11.3. The van der Waals surface area contributed by atoms with Crippen LogP contribution in [0.2, 0.25) is 15.1 Å². The second-order valence-electron chi connectivity index (χ2n) is 10.4. The van der Waals surface area contributed by atoms with Gasteiger partial charge in [-0.15, -0.1) is 0 Å². The number of nitrogens with one attached hydrogen (secondary N) is 2. The number of piperidine rings is 1. The molecular weight excluding hydrogens is 619 g/mol. The van der Waals surface area contributed by atoms with Gasteiger partial charge in [0.05, 0.1) is 43.4 Å². The van der Waals surface area contributed by atoms with E-state index in [4.69, 9.17) is 34.8 Å². The van der Waals surface area contributed by atoms with Crippen LogP contribution in [0.1, 0.15) is 32.3 Å². The lowest BCUT2D eigenvalue weighted by Gasteiger charge is -2.35. The van der Waals surface area contributed by atoms with Crippen LogP contribution in [0.3, 0.4) is 0 Å². The van der Waals surface area contributed by atoms with Gasteiger partial charge in [-0.05, 0) is 50.5 Å². The molecule has 1 amide bonds. The fourth-order valence-corrected chi connectivity index (χ4v) is 5.31. The molecule has 1 saturated heterocycles. The van der Waals surface area contributed by atoms with Crippen molar-refractivity contribution in [1.82, 2.24) is 14.9 Å². The van der Waals surface area contributed by atoms with Gasteiger partial charge in [0.15, 0.2) is 0 Å². The smallest absolute Gasteiger partial charge is 0.370 e. The minimum atomic E-state index is -4.75. The van der Waals surface area contributed by atoms with Gasteiger partial charge in [-0.2, -0.15) is 26.3 Å². The molecule has 1 aliphatic rings. The van der Waals surface area contributed by atoms with Crippen molar-refractivity contribution < 1.29 is 31.1 Å². The van der Waals surface area contributed by atoms with Crippen LogP contribution in [0.25, 0.3) is 11.0 Å². The molecule has 1 unspecified atom stereocenters. The SMILES string of the molecule is Cn1c(Nc2c(Cl)ccc(CNC(=O)C(C)(C)C(F)(F)F)c2Cl)nc2cc(Cl)c(N3CCCC(C(F)(F)F)C3)cc21. The fourth-order valence-electron chi connectivity index (χ4n) is 4.50. The highest BCUT2D eigenvalue weighted by Gasteiger charge is 2.52. The number of fused-ring (bicyclic) bond motifs is 1. The number of alkyl halides is 6. The predicted octanol–water partition coefficient (Wildman–Crippen LogP) is 8.26. The van der Waals surface area contributed by atoms with E-state index in [9.17, 15) is 31.1 Å². The maximum atomic E-state index is 13.4. The normalized spacial score (nSPS) is 16.8. The number of hydrogen-bond acceptors (Lipinski definition) is 4. The molecule has 0 radical (unpaired) electrons. The van der Waals surface area contributed by atoms with Gasteiger partial charge in [0.1, 0.15) is 5.41 Å². The van der Waals surface area contributed by atoms with Crippen molar-refractivity contribution in [3.8, 4) is 0 Å². The predicted molar refractivity (Wildman–Crippen MR) is 148 cm³/mol. The zero-order valence-electron chi connectivity index (χ0n) is 22.1. The van der Waals surface area contributed by atoms with Crippen LogP contribution in [0.5, 0.6) is 0 Å². The number of aromatic nitrogens is 2. The average molecular weight is 645 g/mol. The number of benzene rings is 2. The molecule has 6 nitrogen and oxygen atoms in total. The Morgan fingerprint density at radius 1 is 1.07 bits per heavy atom. The fraction of sp³-hybridized carbons (Fsp3) is 0.462. The molecule has 15 heteroatoms. The average Bonchev–Trinajstić information content (AvgIpc) is 3.17. The Bertz CT molecular complexity index is 1470. The van der Waals surface area contributed by atoms with Crippen LogP contribution in [0.4, 0.5) is 43.7 Å². The number of carbonyl (C=O) groups excluding carboxylic acids is 1. The molecule has 0 spiro atoms. The Kier molecular flexibility index (Phi) is 8.61. The number of amides is 1. The van der Waals surface area contributed by atoms with E-state index in [2.05, 4.69) is 15.6 Å². The minimum Gasteiger partial charge on any atom is -0.370 e. The lowest BCUT2D eigenvalue weighted by atomic mass is 9.91. The number of hydrogen-bond donors (Lipinski definition) is 2. The quantitative estimate of drug-likeness (QED) is 0.265. The maximum Gasteiger partial charge on any atom is 0.402 e. The molecular formula is C26H26Cl3F6N5O. The van der Waals surface area contributed by atoms with Gasteiger partial charge in [0, 0.05) is 26.7 Å². The summed E-state index contributed by atoms with van der Waals surface area (Å²) in [4.78, 5) is 18.4. The number of anilines is 3. The van der Waals surface area contributed by atoms with Crippen LogP contribution in [0, 0.1) is 11.3 Å². The Balaban J connectivity index is 1.60. The largest absolute Gasteiger partial charge is 0.402 e. The monoisotopic (exact) mass is 643 g/mol. The molecule has 0 bridgehead atoms. The molecule has 4 rings (SSSR count).